The van der Waals surface area contributed by atoms with E-state index in [-0.39, 0.29) is 17.9 Å². The molecule has 0 aliphatic carbocycles. The van der Waals surface area contributed by atoms with Gasteiger partial charge in [0.1, 0.15) is 6.04 Å². The van der Waals surface area contributed by atoms with Crippen LogP contribution in [-0.2, 0) is 4.79 Å². The van der Waals surface area contributed by atoms with E-state index in [4.69, 9.17) is 0 Å². The molecule has 6 heteroatoms. The molecule has 2 fully saturated rings. The molecule has 4 rings (SSSR count). The van der Waals surface area contributed by atoms with Crippen molar-refractivity contribution in [3.63, 3.8) is 0 Å². The van der Waals surface area contributed by atoms with Crippen LogP contribution in [0.4, 0.5) is 11.4 Å². The Bertz CT molecular complexity index is 691. The predicted molar refractivity (Wildman–Crippen MR) is 97.9 cm³/mol. The summed E-state index contributed by atoms with van der Waals surface area (Å²) < 4.78 is 0. The minimum Gasteiger partial charge on any atom is -0.361 e. The van der Waals surface area contributed by atoms with Crippen molar-refractivity contribution in [2.75, 3.05) is 43.4 Å². The molecule has 0 bridgehead atoms. The van der Waals surface area contributed by atoms with E-state index in [0.717, 1.165) is 50.4 Å². The number of carbonyl (C=O) groups excluding carboxylic acids is 2. The van der Waals surface area contributed by atoms with E-state index in [1.807, 2.05) is 42.0 Å². The summed E-state index contributed by atoms with van der Waals surface area (Å²) in [6, 6.07) is 5.45. The molecular weight excluding hydrogens is 316 g/mol. The van der Waals surface area contributed by atoms with Crippen molar-refractivity contribution in [2.24, 2.45) is 11.8 Å². The first kappa shape index (κ1) is 16.4. The smallest absolute Gasteiger partial charge is 0.253 e. The molecule has 1 aromatic carbocycles. The van der Waals surface area contributed by atoms with E-state index >= 15 is 0 Å². The molecular formula is C19H26N4O2. The molecule has 6 nitrogen and oxygen atoms in total. The fourth-order valence-electron chi connectivity index (χ4n) is 4.30. The zero-order valence-corrected chi connectivity index (χ0v) is 14.9. The van der Waals surface area contributed by atoms with Crippen molar-refractivity contribution in [3.05, 3.63) is 23.8 Å². The molecule has 0 radical (unpaired) electrons. The van der Waals surface area contributed by atoms with E-state index in [2.05, 4.69) is 10.6 Å². The zero-order valence-electron chi connectivity index (χ0n) is 14.9. The number of carbonyl (C=O) groups is 2. The van der Waals surface area contributed by atoms with Gasteiger partial charge in [0.25, 0.3) is 5.91 Å². The van der Waals surface area contributed by atoms with Gasteiger partial charge in [-0.15, -0.1) is 0 Å². The molecule has 2 amide bonds. The van der Waals surface area contributed by atoms with Crippen LogP contribution < -0.4 is 15.5 Å². The number of nitrogens with one attached hydrogen (secondary N) is 2. The number of hydrogen-bond acceptors (Lipinski definition) is 4. The number of fused-ring (bicyclic) bond motifs is 2. The molecule has 0 saturated carbocycles. The zero-order chi connectivity index (χ0) is 17.6. The van der Waals surface area contributed by atoms with Gasteiger partial charge < -0.3 is 20.4 Å². The average molecular weight is 342 g/mol. The van der Waals surface area contributed by atoms with Crippen molar-refractivity contribution in [2.45, 2.75) is 25.8 Å². The fraction of sp³-hybridized carbons (Fsp3) is 0.579. The first-order chi connectivity index (χ1) is 12.0. The highest BCUT2D eigenvalue weighted by Crippen LogP contribution is 2.33. The summed E-state index contributed by atoms with van der Waals surface area (Å²) in [6.07, 6.45) is 2.15. The minimum atomic E-state index is -0.201. The van der Waals surface area contributed by atoms with Gasteiger partial charge in [-0.3, -0.25) is 9.59 Å². The standard InChI is InChI=1S/C19H26N4O2/c1-12-18(24)21-16-9-13(3-4-17(16)22(12)2)19(25)23-7-5-14-10-20-11-15(14)6-8-23/h3-4,9,12,14-15,20H,5-8,10-11H2,1-2H3,(H,21,24)/t12?,14-,15+. The predicted octanol–water partition coefficient (Wildman–Crippen LogP) is 1.53. The normalized spacial score (nSPS) is 28.9. The number of benzene rings is 1. The molecule has 2 N–H and O–H groups in total. The number of hydrogen-bond donors (Lipinski definition) is 2. The van der Waals surface area contributed by atoms with Crippen molar-refractivity contribution < 1.29 is 9.59 Å². The van der Waals surface area contributed by atoms with E-state index in [9.17, 15) is 9.59 Å². The Morgan fingerprint density at radius 1 is 1.16 bits per heavy atom. The lowest BCUT2D eigenvalue weighted by Gasteiger charge is -2.33. The number of anilines is 2. The quantitative estimate of drug-likeness (QED) is 0.812. The molecule has 134 valence electrons. The lowest BCUT2D eigenvalue weighted by molar-refractivity contribution is -0.117. The van der Waals surface area contributed by atoms with E-state index in [1.165, 1.54) is 0 Å². The van der Waals surface area contributed by atoms with Crippen LogP contribution in [0.3, 0.4) is 0 Å². The van der Waals surface area contributed by atoms with Gasteiger partial charge in [0, 0.05) is 25.7 Å². The van der Waals surface area contributed by atoms with E-state index < -0.39 is 0 Å². The SMILES string of the molecule is CC1C(=O)Nc2cc(C(=O)N3CC[C@@H]4CNC[C@@H]4CC3)ccc2N1C. The Hall–Kier alpha value is -2.08. The first-order valence-corrected chi connectivity index (χ1v) is 9.22. The van der Waals surface area contributed by atoms with Crippen LogP contribution in [0.15, 0.2) is 18.2 Å². The van der Waals surface area contributed by atoms with Gasteiger partial charge in [0.2, 0.25) is 5.91 Å². The summed E-state index contributed by atoms with van der Waals surface area (Å²) in [5.41, 5.74) is 2.35. The maximum Gasteiger partial charge on any atom is 0.253 e. The van der Waals surface area contributed by atoms with Crippen molar-refractivity contribution in [3.8, 4) is 0 Å². The summed E-state index contributed by atoms with van der Waals surface area (Å²) in [5, 5.41) is 6.39. The number of amides is 2. The van der Waals surface area contributed by atoms with Gasteiger partial charge in [0.05, 0.1) is 11.4 Å². The lowest BCUT2D eigenvalue weighted by Crippen LogP contribution is -2.44. The minimum absolute atomic E-state index is 0.0327. The molecule has 0 spiro atoms. The third-order valence-corrected chi connectivity index (χ3v) is 6.15. The summed E-state index contributed by atoms with van der Waals surface area (Å²) >= 11 is 0. The highest BCUT2D eigenvalue weighted by molar-refractivity contribution is 6.05. The Kier molecular flexibility index (Phi) is 4.15. The highest BCUT2D eigenvalue weighted by atomic mass is 16.2. The van der Waals surface area contributed by atoms with Crippen LogP contribution in [0.25, 0.3) is 0 Å². The molecule has 1 unspecified atom stereocenters. The molecule has 3 aliphatic heterocycles. The summed E-state index contributed by atoms with van der Waals surface area (Å²) in [6.45, 7) is 5.69. The second kappa shape index (κ2) is 6.33. The molecule has 1 aromatic rings. The topological polar surface area (TPSA) is 64.7 Å². The Labute approximate surface area is 148 Å². The van der Waals surface area contributed by atoms with Crippen LogP contribution >= 0.6 is 0 Å². The molecule has 3 atom stereocenters. The molecule has 25 heavy (non-hydrogen) atoms. The number of likely N-dealkylation sites (N-methyl/N-ethyl adjacent to an activating group) is 1. The van der Waals surface area contributed by atoms with Crippen molar-refractivity contribution in [1.82, 2.24) is 10.2 Å². The van der Waals surface area contributed by atoms with Gasteiger partial charge in [-0.05, 0) is 62.9 Å². The van der Waals surface area contributed by atoms with Gasteiger partial charge in [0.15, 0.2) is 0 Å². The maximum absolute atomic E-state index is 13.0. The van der Waals surface area contributed by atoms with Gasteiger partial charge >= 0.3 is 0 Å². The third kappa shape index (κ3) is 2.88. The van der Waals surface area contributed by atoms with Gasteiger partial charge in [-0.1, -0.05) is 0 Å². The van der Waals surface area contributed by atoms with Crippen LogP contribution in [0, 0.1) is 11.8 Å². The largest absolute Gasteiger partial charge is 0.361 e. The van der Waals surface area contributed by atoms with Crippen molar-refractivity contribution in [1.29, 1.82) is 0 Å². The average Bonchev–Trinajstić information content (AvgIpc) is 2.97. The fourth-order valence-corrected chi connectivity index (χ4v) is 4.30. The van der Waals surface area contributed by atoms with Gasteiger partial charge in [-0.2, -0.15) is 0 Å². The molecule has 0 aromatic heterocycles. The Morgan fingerprint density at radius 3 is 2.52 bits per heavy atom. The molecule has 2 saturated heterocycles. The Morgan fingerprint density at radius 2 is 1.84 bits per heavy atom. The number of likely N-dealkylation sites (tertiary alicyclic amines) is 1. The highest BCUT2D eigenvalue weighted by Gasteiger charge is 2.32. The van der Waals surface area contributed by atoms with E-state index in [1.54, 1.807) is 0 Å². The van der Waals surface area contributed by atoms with Crippen molar-refractivity contribution >= 4 is 23.2 Å². The molecule has 3 aliphatic rings. The monoisotopic (exact) mass is 342 g/mol. The number of rotatable bonds is 1. The second-order valence-corrected chi connectivity index (χ2v) is 7.56. The number of nitrogens with zero attached hydrogens (tertiary/aromatic N) is 2. The third-order valence-electron chi connectivity index (χ3n) is 6.15. The van der Waals surface area contributed by atoms with E-state index in [0.29, 0.717) is 17.4 Å². The summed E-state index contributed by atoms with van der Waals surface area (Å²) in [4.78, 5) is 29.0. The maximum atomic E-state index is 13.0. The van der Waals surface area contributed by atoms with Crippen LogP contribution in [0.5, 0.6) is 0 Å². The second-order valence-electron chi connectivity index (χ2n) is 7.56. The van der Waals surface area contributed by atoms with Crippen LogP contribution in [-0.4, -0.2) is 56.0 Å². The van der Waals surface area contributed by atoms with Crippen LogP contribution in [0.1, 0.15) is 30.1 Å². The summed E-state index contributed by atoms with van der Waals surface area (Å²) in [7, 11) is 1.91. The van der Waals surface area contributed by atoms with Crippen LogP contribution in [0.2, 0.25) is 0 Å². The molecule has 3 heterocycles. The first-order valence-electron chi connectivity index (χ1n) is 9.22. The Balaban J connectivity index is 1.53. The lowest BCUT2D eigenvalue weighted by atomic mass is 9.92. The summed E-state index contributed by atoms with van der Waals surface area (Å²) in [5.74, 6) is 1.45. The van der Waals surface area contributed by atoms with Gasteiger partial charge in [-0.25, -0.2) is 0 Å².